The van der Waals surface area contributed by atoms with Crippen molar-refractivity contribution in [3.05, 3.63) is 53.6 Å². The van der Waals surface area contributed by atoms with Crippen LogP contribution in [0, 0.1) is 0 Å². The first kappa shape index (κ1) is 12.8. The van der Waals surface area contributed by atoms with Crippen LogP contribution >= 0.6 is 15.9 Å². The molecular weight excluding hydrogens is 292 g/mol. The van der Waals surface area contributed by atoms with Crippen LogP contribution in [0.5, 0.6) is 0 Å². The van der Waals surface area contributed by atoms with Gasteiger partial charge in [-0.1, -0.05) is 52.3 Å². The number of rotatable bonds is 3. The number of halogens is 1. The predicted molar refractivity (Wildman–Crippen MR) is 77.9 cm³/mol. The van der Waals surface area contributed by atoms with Crippen molar-refractivity contribution >= 4 is 38.2 Å². The minimum absolute atomic E-state index is 0.340. The van der Waals surface area contributed by atoms with E-state index in [0.29, 0.717) is 5.57 Å². The molecule has 2 rings (SSSR count). The zero-order valence-corrected chi connectivity index (χ0v) is 11.6. The number of carboxylic acid groups (broad SMARTS) is 1. The topological polar surface area (TPSA) is 37.3 Å². The van der Waals surface area contributed by atoms with Crippen molar-refractivity contribution in [3.63, 3.8) is 0 Å². The van der Waals surface area contributed by atoms with Gasteiger partial charge < -0.3 is 5.11 Å². The molecule has 18 heavy (non-hydrogen) atoms. The summed E-state index contributed by atoms with van der Waals surface area (Å²) in [6.45, 7) is 1.75. The molecule has 0 radical (unpaired) electrons. The molecule has 0 aliphatic rings. The average Bonchev–Trinajstić information content (AvgIpc) is 2.39. The lowest BCUT2D eigenvalue weighted by Gasteiger charge is -2.08. The highest BCUT2D eigenvalue weighted by atomic mass is 79.9. The molecule has 1 N–H and O–H groups in total. The third-order valence-corrected chi connectivity index (χ3v) is 3.56. The van der Waals surface area contributed by atoms with E-state index in [9.17, 15) is 9.90 Å². The minimum atomic E-state index is -0.894. The van der Waals surface area contributed by atoms with Gasteiger partial charge >= 0.3 is 5.97 Å². The van der Waals surface area contributed by atoms with E-state index in [0.717, 1.165) is 27.2 Å². The molecule has 0 amide bonds. The summed E-state index contributed by atoms with van der Waals surface area (Å²) in [5.41, 5.74) is 2.24. The van der Waals surface area contributed by atoms with E-state index in [1.54, 1.807) is 13.0 Å². The highest BCUT2D eigenvalue weighted by Gasteiger charge is 2.12. The van der Waals surface area contributed by atoms with Crippen LogP contribution < -0.4 is 0 Å². The Kier molecular flexibility index (Phi) is 3.82. The third-order valence-electron chi connectivity index (χ3n) is 2.91. The maximum Gasteiger partial charge on any atom is 0.335 e. The molecule has 0 spiro atoms. The number of allylic oxidation sites excluding steroid dienone is 1. The second-order valence-electron chi connectivity index (χ2n) is 4.00. The zero-order valence-electron chi connectivity index (χ0n) is 9.98. The summed E-state index contributed by atoms with van der Waals surface area (Å²) >= 11 is 3.42. The molecule has 0 aromatic heterocycles. The van der Waals surface area contributed by atoms with E-state index in [1.165, 1.54) is 0 Å². The van der Waals surface area contributed by atoms with Crippen molar-refractivity contribution in [3.8, 4) is 0 Å². The first-order valence-electron chi connectivity index (χ1n) is 5.65. The normalized spacial score (nSPS) is 11.8. The monoisotopic (exact) mass is 304 g/mol. The minimum Gasteiger partial charge on any atom is -0.478 e. The highest BCUT2D eigenvalue weighted by molar-refractivity contribution is 9.08. The van der Waals surface area contributed by atoms with Crippen LogP contribution in [0.3, 0.4) is 0 Å². The van der Waals surface area contributed by atoms with Gasteiger partial charge in [-0.2, -0.15) is 0 Å². The van der Waals surface area contributed by atoms with Crippen molar-refractivity contribution in [1.82, 2.24) is 0 Å². The van der Waals surface area contributed by atoms with Crippen molar-refractivity contribution in [1.29, 1.82) is 0 Å². The van der Waals surface area contributed by atoms with Gasteiger partial charge in [0.15, 0.2) is 0 Å². The second kappa shape index (κ2) is 5.36. The molecule has 2 aromatic rings. The lowest BCUT2D eigenvalue weighted by Crippen LogP contribution is -2.00. The SMILES string of the molecule is C/C=C(/C(=O)O)c1cccc2ccc(CBr)cc12. The summed E-state index contributed by atoms with van der Waals surface area (Å²) in [7, 11) is 0. The molecule has 0 saturated heterocycles. The van der Waals surface area contributed by atoms with Crippen molar-refractivity contribution in [2.45, 2.75) is 12.3 Å². The lowest BCUT2D eigenvalue weighted by atomic mass is 9.97. The van der Waals surface area contributed by atoms with Crippen LogP contribution in [-0.4, -0.2) is 11.1 Å². The number of fused-ring (bicyclic) bond motifs is 1. The van der Waals surface area contributed by atoms with E-state index < -0.39 is 5.97 Å². The Bertz CT molecular complexity index is 629. The fraction of sp³-hybridized carbons (Fsp3) is 0.133. The number of hydrogen-bond acceptors (Lipinski definition) is 1. The molecule has 92 valence electrons. The van der Waals surface area contributed by atoms with Crippen LogP contribution in [0.4, 0.5) is 0 Å². The predicted octanol–water partition coefficient (Wildman–Crippen LogP) is 4.22. The number of carboxylic acids is 1. The van der Waals surface area contributed by atoms with Gasteiger partial charge in [-0.05, 0) is 34.9 Å². The van der Waals surface area contributed by atoms with Crippen LogP contribution in [0.1, 0.15) is 18.1 Å². The van der Waals surface area contributed by atoms with Gasteiger partial charge in [-0.15, -0.1) is 0 Å². The summed E-state index contributed by atoms with van der Waals surface area (Å²) < 4.78 is 0. The standard InChI is InChI=1S/C15H13BrO2/c1-2-12(15(17)18)13-5-3-4-11-7-6-10(9-16)8-14(11)13/h2-8H,9H2,1H3,(H,17,18)/b12-2+. The second-order valence-corrected chi connectivity index (χ2v) is 4.56. The van der Waals surface area contributed by atoms with Gasteiger partial charge in [0.25, 0.3) is 0 Å². The summed E-state index contributed by atoms with van der Waals surface area (Å²) in [4.78, 5) is 11.3. The fourth-order valence-corrected chi connectivity index (χ4v) is 2.38. The molecule has 2 nitrogen and oxygen atoms in total. The van der Waals surface area contributed by atoms with E-state index in [-0.39, 0.29) is 0 Å². The summed E-state index contributed by atoms with van der Waals surface area (Å²) in [6, 6.07) is 11.8. The fourth-order valence-electron chi connectivity index (χ4n) is 2.03. The van der Waals surface area contributed by atoms with Crippen LogP contribution in [0.15, 0.2) is 42.5 Å². The first-order chi connectivity index (χ1) is 8.67. The Morgan fingerprint density at radius 3 is 2.72 bits per heavy atom. The summed E-state index contributed by atoms with van der Waals surface area (Å²) in [5.74, 6) is -0.894. The summed E-state index contributed by atoms with van der Waals surface area (Å²) in [5, 5.41) is 12.0. The summed E-state index contributed by atoms with van der Waals surface area (Å²) in [6.07, 6.45) is 1.64. The molecular formula is C15H13BrO2. The Balaban J connectivity index is 2.74. The van der Waals surface area contributed by atoms with E-state index >= 15 is 0 Å². The zero-order chi connectivity index (χ0) is 13.1. The molecule has 0 fully saturated rings. The van der Waals surface area contributed by atoms with Gasteiger partial charge in [-0.25, -0.2) is 4.79 Å². The lowest BCUT2D eigenvalue weighted by molar-refractivity contribution is -0.130. The maximum absolute atomic E-state index is 11.3. The van der Waals surface area contributed by atoms with E-state index in [1.807, 2.05) is 36.4 Å². The molecule has 0 saturated carbocycles. The van der Waals surface area contributed by atoms with Crippen molar-refractivity contribution in [2.24, 2.45) is 0 Å². The Hall–Kier alpha value is -1.61. The molecule has 0 heterocycles. The maximum atomic E-state index is 11.3. The van der Waals surface area contributed by atoms with Gasteiger partial charge in [0.1, 0.15) is 0 Å². The number of benzene rings is 2. The molecule has 0 bridgehead atoms. The number of aliphatic carboxylic acids is 1. The van der Waals surface area contributed by atoms with Crippen LogP contribution in [-0.2, 0) is 10.1 Å². The van der Waals surface area contributed by atoms with Gasteiger partial charge in [0, 0.05) is 5.33 Å². The molecule has 0 atom stereocenters. The molecule has 2 aromatic carbocycles. The van der Waals surface area contributed by atoms with Crippen LogP contribution in [0.2, 0.25) is 0 Å². The van der Waals surface area contributed by atoms with E-state index in [2.05, 4.69) is 15.9 Å². The highest BCUT2D eigenvalue weighted by Crippen LogP contribution is 2.27. The Morgan fingerprint density at radius 1 is 1.33 bits per heavy atom. The Labute approximate surface area is 114 Å². The van der Waals surface area contributed by atoms with Crippen LogP contribution in [0.25, 0.3) is 16.3 Å². The molecule has 3 heteroatoms. The largest absolute Gasteiger partial charge is 0.478 e. The van der Waals surface area contributed by atoms with Crippen molar-refractivity contribution in [2.75, 3.05) is 0 Å². The van der Waals surface area contributed by atoms with Gasteiger partial charge in [-0.3, -0.25) is 0 Å². The quantitative estimate of drug-likeness (QED) is 0.681. The number of alkyl halides is 1. The number of carbonyl (C=O) groups is 1. The molecule has 0 aliphatic carbocycles. The Morgan fingerprint density at radius 2 is 2.11 bits per heavy atom. The molecule has 0 aliphatic heterocycles. The average molecular weight is 305 g/mol. The van der Waals surface area contributed by atoms with Gasteiger partial charge in [0.2, 0.25) is 0 Å². The molecule has 0 unspecified atom stereocenters. The third kappa shape index (κ3) is 2.31. The number of hydrogen-bond donors (Lipinski definition) is 1. The van der Waals surface area contributed by atoms with Gasteiger partial charge in [0.05, 0.1) is 5.57 Å². The van der Waals surface area contributed by atoms with Crippen molar-refractivity contribution < 1.29 is 9.90 Å². The first-order valence-corrected chi connectivity index (χ1v) is 6.77. The smallest absolute Gasteiger partial charge is 0.335 e. The van der Waals surface area contributed by atoms with E-state index in [4.69, 9.17) is 0 Å².